The van der Waals surface area contributed by atoms with Crippen molar-refractivity contribution in [2.24, 2.45) is 11.7 Å². The molecule has 1 unspecified atom stereocenters. The smallest absolute Gasteiger partial charge is 0.241 e. The number of benzene rings is 1. The Morgan fingerprint density at radius 3 is 2.67 bits per heavy atom. The molecule has 0 radical (unpaired) electrons. The molecule has 5 nitrogen and oxygen atoms in total. The summed E-state index contributed by atoms with van der Waals surface area (Å²) in [5.41, 5.74) is 6.72. The van der Waals surface area contributed by atoms with Gasteiger partial charge in [-0.2, -0.15) is 5.26 Å². The van der Waals surface area contributed by atoms with Crippen molar-refractivity contribution >= 4 is 10.0 Å². The third-order valence-corrected chi connectivity index (χ3v) is 5.77. The zero-order valence-corrected chi connectivity index (χ0v) is 13.0. The molecule has 1 aromatic carbocycles. The quantitative estimate of drug-likeness (QED) is 0.864. The summed E-state index contributed by atoms with van der Waals surface area (Å²) in [6, 6.07) is 6.42. The molecule has 6 heteroatoms. The van der Waals surface area contributed by atoms with E-state index in [2.05, 4.69) is 4.72 Å². The average Bonchev–Trinajstić information content (AvgIpc) is 2.99. The highest BCUT2D eigenvalue weighted by Crippen LogP contribution is 2.28. The van der Waals surface area contributed by atoms with Crippen LogP contribution in [0, 0.1) is 24.2 Å². The Hall–Kier alpha value is -1.42. The maximum atomic E-state index is 12.6. The molecule has 1 fully saturated rings. The van der Waals surface area contributed by atoms with Crippen LogP contribution in [0.5, 0.6) is 0 Å². The first kappa shape index (κ1) is 16.0. The van der Waals surface area contributed by atoms with Crippen LogP contribution in [0.15, 0.2) is 23.1 Å². The van der Waals surface area contributed by atoms with Crippen LogP contribution in [-0.2, 0) is 10.0 Å². The molecular weight excluding hydrogens is 286 g/mol. The summed E-state index contributed by atoms with van der Waals surface area (Å²) in [6.45, 7) is 2.02. The van der Waals surface area contributed by atoms with Crippen LogP contribution in [0.1, 0.15) is 36.8 Å². The molecule has 1 atom stereocenters. The van der Waals surface area contributed by atoms with Gasteiger partial charge in [-0.15, -0.1) is 0 Å². The summed E-state index contributed by atoms with van der Waals surface area (Å²) in [5.74, 6) is 0.309. The Balaban J connectivity index is 2.27. The molecule has 1 aliphatic carbocycles. The molecule has 0 aromatic heterocycles. The Labute approximate surface area is 126 Å². The lowest BCUT2D eigenvalue weighted by molar-refractivity contribution is 0.405. The molecule has 0 saturated heterocycles. The molecule has 0 amide bonds. The first-order valence-electron chi connectivity index (χ1n) is 7.21. The number of sulfonamides is 1. The molecular formula is C15H21N3O2S. The molecule has 21 heavy (non-hydrogen) atoms. The Morgan fingerprint density at radius 2 is 2.10 bits per heavy atom. The Kier molecular flexibility index (Phi) is 4.99. The highest BCUT2D eigenvalue weighted by atomic mass is 32.2. The second kappa shape index (κ2) is 6.56. The van der Waals surface area contributed by atoms with Crippen LogP contribution in [0.2, 0.25) is 0 Å². The topological polar surface area (TPSA) is 96.0 Å². The van der Waals surface area contributed by atoms with Gasteiger partial charge < -0.3 is 5.73 Å². The van der Waals surface area contributed by atoms with Crippen LogP contribution >= 0.6 is 0 Å². The van der Waals surface area contributed by atoms with Crippen molar-refractivity contribution in [3.8, 4) is 6.07 Å². The molecule has 1 aromatic rings. The number of nitrogens with zero attached hydrogens (tertiary/aromatic N) is 1. The molecule has 0 bridgehead atoms. The van der Waals surface area contributed by atoms with Crippen LogP contribution < -0.4 is 10.5 Å². The van der Waals surface area contributed by atoms with Crippen molar-refractivity contribution in [3.63, 3.8) is 0 Å². The minimum absolute atomic E-state index is 0.165. The maximum absolute atomic E-state index is 12.6. The molecule has 1 aliphatic rings. The largest absolute Gasteiger partial charge is 0.329 e. The Bertz CT molecular complexity index is 643. The van der Waals surface area contributed by atoms with Gasteiger partial charge in [-0.1, -0.05) is 18.9 Å². The Morgan fingerprint density at radius 1 is 1.43 bits per heavy atom. The van der Waals surface area contributed by atoms with Gasteiger partial charge in [-0.25, -0.2) is 13.1 Å². The monoisotopic (exact) mass is 307 g/mol. The van der Waals surface area contributed by atoms with Crippen LogP contribution in [0.4, 0.5) is 0 Å². The van der Waals surface area contributed by atoms with E-state index in [1.165, 1.54) is 6.07 Å². The van der Waals surface area contributed by atoms with E-state index >= 15 is 0 Å². The van der Waals surface area contributed by atoms with Crippen molar-refractivity contribution in [2.45, 2.75) is 43.5 Å². The summed E-state index contributed by atoms with van der Waals surface area (Å²) in [4.78, 5) is 0.165. The van der Waals surface area contributed by atoms with E-state index in [0.29, 0.717) is 23.6 Å². The minimum atomic E-state index is -3.65. The first-order valence-corrected chi connectivity index (χ1v) is 8.69. The first-order chi connectivity index (χ1) is 9.97. The lowest BCUT2D eigenvalue weighted by Gasteiger charge is -2.23. The van der Waals surface area contributed by atoms with E-state index in [-0.39, 0.29) is 10.9 Å². The second-order valence-corrected chi connectivity index (χ2v) is 7.28. The summed E-state index contributed by atoms with van der Waals surface area (Å²) < 4.78 is 27.9. The molecule has 0 heterocycles. The predicted molar refractivity (Wildman–Crippen MR) is 81.0 cm³/mol. The molecule has 0 aliphatic heterocycles. The second-order valence-electron chi connectivity index (χ2n) is 5.60. The number of hydrogen-bond acceptors (Lipinski definition) is 4. The standard InChI is InChI=1S/C15H21N3O2S/c1-11-6-7-12(9-16)8-15(11)21(19,20)18-14(10-17)13-4-2-3-5-13/h6-8,13-14,18H,2-5,10,17H2,1H3. The van der Waals surface area contributed by atoms with E-state index < -0.39 is 10.0 Å². The number of nitriles is 1. The van der Waals surface area contributed by atoms with Gasteiger partial charge in [0.1, 0.15) is 0 Å². The highest BCUT2D eigenvalue weighted by molar-refractivity contribution is 7.89. The normalized spacial score (nSPS) is 17.6. The van der Waals surface area contributed by atoms with Gasteiger partial charge >= 0.3 is 0 Å². The zero-order valence-electron chi connectivity index (χ0n) is 12.2. The van der Waals surface area contributed by atoms with Crippen LogP contribution in [0.25, 0.3) is 0 Å². The fourth-order valence-electron chi connectivity index (χ4n) is 2.92. The third-order valence-electron chi connectivity index (χ3n) is 4.14. The van der Waals surface area contributed by atoms with Crippen molar-refractivity contribution in [3.05, 3.63) is 29.3 Å². The van der Waals surface area contributed by atoms with Gasteiger partial charge in [0.15, 0.2) is 0 Å². The summed E-state index contributed by atoms with van der Waals surface area (Å²) >= 11 is 0. The molecule has 2 rings (SSSR count). The third kappa shape index (κ3) is 3.62. The fourth-order valence-corrected chi connectivity index (χ4v) is 4.51. The van der Waals surface area contributed by atoms with Crippen LogP contribution in [-0.4, -0.2) is 21.0 Å². The average molecular weight is 307 g/mol. The number of nitrogens with two attached hydrogens (primary N) is 1. The van der Waals surface area contributed by atoms with E-state index in [4.69, 9.17) is 11.0 Å². The highest BCUT2D eigenvalue weighted by Gasteiger charge is 2.29. The number of aryl methyl sites for hydroxylation is 1. The van der Waals surface area contributed by atoms with Gasteiger partial charge in [-0.05, 0) is 43.4 Å². The summed E-state index contributed by atoms with van der Waals surface area (Å²) in [5, 5.41) is 8.93. The van der Waals surface area contributed by atoms with Crippen LogP contribution in [0.3, 0.4) is 0 Å². The van der Waals surface area contributed by atoms with E-state index in [1.54, 1.807) is 19.1 Å². The lowest BCUT2D eigenvalue weighted by atomic mass is 9.99. The molecule has 1 saturated carbocycles. The van der Waals surface area contributed by atoms with Gasteiger partial charge in [0.05, 0.1) is 16.5 Å². The molecule has 0 spiro atoms. The fraction of sp³-hybridized carbons (Fsp3) is 0.533. The molecule has 114 valence electrons. The minimum Gasteiger partial charge on any atom is -0.329 e. The number of hydrogen-bond donors (Lipinski definition) is 2. The zero-order chi connectivity index (χ0) is 15.5. The van der Waals surface area contributed by atoms with E-state index in [1.807, 2.05) is 6.07 Å². The van der Waals surface area contributed by atoms with E-state index in [0.717, 1.165) is 25.7 Å². The summed E-state index contributed by atoms with van der Waals surface area (Å²) in [6.07, 6.45) is 4.29. The summed E-state index contributed by atoms with van der Waals surface area (Å²) in [7, 11) is -3.65. The predicted octanol–water partition coefficient (Wildman–Crippen LogP) is 1.66. The van der Waals surface area contributed by atoms with Crippen molar-refractivity contribution in [1.82, 2.24) is 4.72 Å². The van der Waals surface area contributed by atoms with E-state index in [9.17, 15) is 8.42 Å². The van der Waals surface area contributed by atoms with Gasteiger partial charge in [-0.3, -0.25) is 0 Å². The number of rotatable bonds is 5. The SMILES string of the molecule is Cc1ccc(C#N)cc1S(=O)(=O)NC(CN)C1CCCC1. The lowest BCUT2D eigenvalue weighted by Crippen LogP contribution is -2.44. The van der Waals surface area contributed by atoms with Crippen molar-refractivity contribution in [1.29, 1.82) is 5.26 Å². The van der Waals surface area contributed by atoms with Crippen molar-refractivity contribution in [2.75, 3.05) is 6.54 Å². The van der Waals surface area contributed by atoms with Crippen molar-refractivity contribution < 1.29 is 8.42 Å². The number of nitrogens with one attached hydrogen (secondary N) is 1. The van der Waals surface area contributed by atoms with Gasteiger partial charge in [0, 0.05) is 12.6 Å². The van der Waals surface area contributed by atoms with Gasteiger partial charge in [0.2, 0.25) is 10.0 Å². The van der Waals surface area contributed by atoms with Gasteiger partial charge in [0.25, 0.3) is 0 Å². The molecule has 3 N–H and O–H groups in total. The maximum Gasteiger partial charge on any atom is 0.241 e.